The first-order chi connectivity index (χ1) is 12.1. The van der Waals surface area contributed by atoms with Crippen molar-refractivity contribution in [2.75, 3.05) is 13.1 Å². The van der Waals surface area contributed by atoms with Gasteiger partial charge >= 0.3 is 0 Å². The van der Waals surface area contributed by atoms with E-state index in [0.29, 0.717) is 11.0 Å². The SMILES string of the molecule is O=C(CCn1c(=O)c2cccn2c2ccc(F)cc21)N1CCCCC1. The molecule has 0 aliphatic carbocycles. The molecule has 3 heterocycles. The number of carbonyl (C=O) groups is 1. The third-order valence-electron chi connectivity index (χ3n) is 4.96. The summed E-state index contributed by atoms with van der Waals surface area (Å²) in [7, 11) is 0. The van der Waals surface area contributed by atoms with Crippen molar-refractivity contribution < 1.29 is 9.18 Å². The number of aromatic nitrogens is 2. The zero-order valence-corrected chi connectivity index (χ0v) is 13.9. The first-order valence-corrected chi connectivity index (χ1v) is 8.72. The summed E-state index contributed by atoms with van der Waals surface area (Å²) in [6.07, 6.45) is 5.28. The third-order valence-corrected chi connectivity index (χ3v) is 4.96. The molecular formula is C19H20FN3O2. The van der Waals surface area contributed by atoms with E-state index >= 15 is 0 Å². The average molecular weight is 341 g/mol. The van der Waals surface area contributed by atoms with Crippen LogP contribution in [0.5, 0.6) is 0 Å². The quantitative estimate of drug-likeness (QED) is 0.735. The van der Waals surface area contributed by atoms with E-state index in [1.165, 1.54) is 16.7 Å². The number of hydrogen-bond acceptors (Lipinski definition) is 2. The van der Waals surface area contributed by atoms with Crippen molar-refractivity contribution in [2.45, 2.75) is 32.2 Å². The molecule has 1 aromatic carbocycles. The maximum atomic E-state index is 13.8. The number of benzene rings is 1. The zero-order valence-electron chi connectivity index (χ0n) is 13.9. The Bertz CT molecular complexity index is 999. The van der Waals surface area contributed by atoms with Crippen LogP contribution >= 0.6 is 0 Å². The smallest absolute Gasteiger partial charge is 0.275 e. The Hall–Kier alpha value is -2.63. The topological polar surface area (TPSA) is 46.7 Å². The van der Waals surface area contributed by atoms with Crippen molar-refractivity contribution in [2.24, 2.45) is 0 Å². The summed E-state index contributed by atoms with van der Waals surface area (Å²) in [6.45, 7) is 1.84. The van der Waals surface area contributed by atoms with E-state index in [9.17, 15) is 14.0 Å². The minimum absolute atomic E-state index is 0.0615. The molecule has 0 N–H and O–H groups in total. The lowest BCUT2D eigenvalue weighted by atomic mass is 10.1. The van der Waals surface area contributed by atoms with E-state index in [-0.39, 0.29) is 24.4 Å². The monoisotopic (exact) mass is 341 g/mol. The van der Waals surface area contributed by atoms with Crippen molar-refractivity contribution in [3.8, 4) is 0 Å². The van der Waals surface area contributed by atoms with Gasteiger partial charge in [-0.25, -0.2) is 4.39 Å². The fourth-order valence-corrected chi connectivity index (χ4v) is 3.66. The molecule has 0 saturated carbocycles. The van der Waals surface area contributed by atoms with Crippen LogP contribution in [0.25, 0.3) is 16.6 Å². The van der Waals surface area contributed by atoms with Gasteiger partial charge in [-0.15, -0.1) is 0 Å². The molecule has 5 nitrogen and oxygen atoms in total. The molecule has 25 heavy (non-hydrogen) atoms. The van der Waals surface area contributed by atoms with Crippen LogP contribution in [-0.2, 0) is 11.3 Å². The molecule has 130 valence electrons. The molecule has 0 radical (unpaired) electrons. The molecule has 1 aliphatic heterocycles. The molecular weight excluding hydrogens is 321 g/mol. The minimum Gasteiger partial charge on any atom is -0.343 e. The summed E-state index contributed by atoms with van der Waals surface area (Å²) in [5.41, 5.74) is 1.60. The predicted molar refractivity (Wildman–Crippen MR) is 94.2 cm³/mol. The Morgan fingerprint density at radius 3 is 2.64 bits per heavy atom. The maximum Gasteiger partial charge on any atom is 0.275 e. The summed E-state index contributed by atoms with van der Waals surface area (Å²) >= 11 is 0. The van der Waals surface area contributed by atoms with Crippen LogP contribution in [-0.4, -0.2) is 32.9 Å². The van der Waals surface area contributed by atoms with Gasteiger partial charge in [0.1, 0.15) is 11.3 Å². The zero-order chi connectivity index (χ0) is 17.4. The first-order valence-electron chi connectivity index (χ1n) is 8.72. The third kappa shape index (κ3) is 2.81. The van der Waals surface area contributed by atoms with Crippen molar-refractivity contribution >= 4 is 22.5 Å². The van der Waals surface area contributed by atoms with Gasteiger partial charge < -0.3 is 13.9 Å². The molecule has 1 fully saturated rings. The number of amides is 1. The standard InChI is InChI=1S/C19H20FN3O2/c20-14-6-7-15-17(13-14)23(19(25)16-5-4-11-22(15)16)12-8-18(24)21-9-2-1-3-10-21/h4-7,11,13H,1-3,8-10,12H2. The number of fused-ring (bicyclic) bond motifs is 3. The second-order valence-corrected chi connectivity index (χ2v) is 6.54. The Labute approximate surface area is 144 Å². The van der Waals surface area contributed by atoms with E-state index in [2.05, 4.69) is 0 Å². The summed E-state index contributed by atoms with van der Waals surface area (Å²) in [6, 6.07) is 7.95. The van der Waals surface area contributed by atoms with Crippen LogP contribution in [0.4, 0.5) is 4.39 Å². The number of rotatable bonds is 3. The van der Waals surface area contributed by atoms with Gasteiger partial charge in [-0.3, -0.25) is 9.59 Å². The van der Waals surface area contributed by atoms with Gasteiger partial charge in [-0.2, -0.15) is 0 Å². The van der Waals surface area contributed by atoms with Gasteiger partial charge in [0.05, 0.1) is 11.0 Å². The van der Waals surface area contributed by atoms with E-state index in [4.69, 9.17) is 0 Å². The normalized spacial score (nSPS) is 15.2. The number of nitrogens with zero attached hydrogens (tertiary/aromatic N) is 3. The highest BCUT2D eigenvalue weighted by atomic mass is 19.1. The molecule has 0 atom stereocenters. The van der Waals surface area contributed by atoms with Crippen LogP contribution in [0.2, 0.25) is 0 Å². The summed E-state index contributed by atoms with van der Waals surface area (Å²) < 4.78 is 17.1. The Kier molecular flexibility index (Phi) is 4.03. The second kappa shape index (κ2) is 6.35. The van der Waals surface area contributed by atoms with E-state index < -0.39 is 5.82 Å². The Morgan fingerprint density at radius 2 is 1.84 bits per heavy atom. The van der Waals surface area contributed by atoms with Crippen LogP contribution in [0.3, 0.4) is 0 Å². The Balaban J connectivity index is 1.72. The van der Waals surface area contributed by atoms with Gasteiger partial charge in [-0.1, -0.05) is 0 Å². The Morgan fingerprint density at radius 1 is 1.04 bits per heavy atom. The maximum absolute atomic E-state index is 13.8. The summed E-state index contributed by atoms with van der Waals surface area (Å²) in [4.78, 5) is 27.1. The van der Waals surface area contributed by atoms with Crippen LogP contribution in [0, 0.1) is 5.82 Å². The lowest BCUT2D eigenvalue weighted by Gasteiger charge is -2.27. The summed E-state index contributed by atoms with van der Waals surface area (Å²) in [5.74, 6) is -0.332. The molecule has 1 saturated heterocycles. The van der Waals surface area contributed by atoms with E-state index in [0.717, 1.165) is 37.9 Å². The van der Waals surface area contributed by atoms with E-state index in [1.807, 2.05) is 4.90 Å². The highest BCUT2D eigenvalue weighted by molar-refractivity contribution is 5.80. The predicted octanol–water partition coefficient (Wildman–Crippen LogP) is 2.80. The molecule has 6 heteroatoms. The number of aryl methyl sites for hydroxylation is 1. The first kappa shape index (κ1) is 15.9. The van der Waals surface area contributed by atoms with Crippen LogP contribution in [0.1, 0.15) is 25.7 Å². The van der Waals surface area contributed by atoms with Gasteiger partial charge in [-0.05, 0) is 49.6 Å². The fraction of sp³-hybridized carbons (Fsp3) is 0.368. The van der Waals surface area contributed by atoms with Gasteiger partial charge in [0.15, 0.2) is 0 Å². The van der Waals surface area contributed by atoms with Crippen LogP contribution in [0.15, 0.2) is 41.3 Å². The molecule has 4 rings (SSSR count). The van der Waals surface area contributed by atoms with Gasteiger partial charge in [0.2, 0.25) is 5.91 Å². The van der Waals surface area contributed by atoms with Gasteiger partial charge in [0, 0.05) is 32.3 Å². The number of carbonyl (C=O) groups excluding carboxylic acids is 1. The van der Waals surface area contributed by atoms with Crippen molar-refractivity contribution in [3.63, 3.8) is 0 Å². The minimum atomic E-state index is -0.394. The lowest BCUT2D eigenvalue weighted by molar-refractivity contribution is -0.132. The molecule has 0 bridgehead atoms. The van der Waals surface area contributed by atoms with Crippen molar-refractivity contribution in [3.05, 3.63) is 52.7 Å². The van der Waals surface area contributed by atoms with Crippen molar-refractivity contribution in [1.29, 1.82) is 0 Å². The molecule has 1 amide bonds. The molecule has 2 aromatic heterocycles. The number of likely N-dealkylation sites (tertiary alicyclic amines) is 1. The summed E-state index contributed by atoms with van der Waals surface area (Å²) in [5, 5.41) is 0. The molecule has 1 aliphatic rings. The largest absolute Gasteiger partial charge is 0.343 e. The highest BCUT2D eigenvalue weighted by Crippen LogP contribution is 2.18. The highest BCUT2D eigenvalue weighted by Gasteiger charge is 2.18. The average Bonchev–Trinajstić information content (AvgIpc) is 3.12. The van der Waals surface area contributed by atoms with E-state index in [1.54, 1.807) is 28.8 Å². The second-order valence-electron chi connectivity index (χ2n) is 6.54. The molecule has 0 spiro atoms. The lowest BCUT2D eigenvalue weighted by Crippen LogP contribution is -2.36. The van der Waals surface area contributed by atoms with Gasteiger partial charge in [0.25, 0.3) is 5.56 Å². The molecule has 3 aromatic rings. The number of piperidine rings is 1. The van der Waals surface area contributed by atoms with Crippen LogP contribution < -0.4 is 5.56 Å². The van der Waals surface area contributed by atoms with Crippen molar-refractivity contribution in [1.82, 2.24) is 13.9 Å². The molecule has 0 unspecified atom stereocenters. The number of hydrogen-bond donors (Lipinski definition) is 0. The fourth-order valence-electron chi connectivity index (χ4n) is 3.66. The number of halogens is 1.